The molecule has 0 bridgehead atoms. The smallest absolute Gasteiger partial charge is 0.255 e. The van der Waals surface area contributed by atoms with Gasteiger partial charge in [-0.1, -0.05) is 11.6 Å². The Balaban J connectivity index is 2.82. The molecule has 1 amide bonds. The van der Waals surface area contributed by atoms with Crippen molar-refractivity contribution in [3.63, 3.8) is 0 Å². The molecule has 16 heavy (non-hydrogen) atoms. The number of ether oxygens (including phenoxy) is 1. The average Bonchev–Trinajstić information content (AvgIpc) is 2.25. The third-order valence-corrected chi connectivity index (χ3v) is 2.20. The van der Waals surface area contributed by atoms with E-state index < -0.39 is 6.10 Å². The van der Waals surface area contributed by atoms with Crippen LogP contribution in [0.25, 0.3) is 0 Å². The van der Waals surface area contributed by atoms with Crippen molar-refractivity contribution < 1.29 is 14.6 Å². The van der Waals surface area contributed by atoms with Gasteiger partial charge in [-0.3, -0.25) is 4.79 Å². The fraction of sp³-hybridized carbons (Fsp3) is 0.364. The molecule has 0 spiro atoms. The zero-order valence-corrected chi connectivity index (χ0v) is 9.91. The first-order chi connectivity index (χ1) is 7.54. The molecule has 0 aliphatic rings. The number of halogens is 1. The first-order valence-corrected chi connectivity index (χ1v) is 5.22. The van der Waals surface area contributed by atoms with E-state index in [1.807, 2.05) is 0 Å². The minimum Gasteiger partial charge on any atom is -0.496 e. The van der Waals surface area contributed by atoms with Crippen molar-refractivity contribution in [1.82, 2.24) is 5.32 Å². The number of carbonyl (C=O) groups excluding carboxylic acids is 1. The fourth-order valence-corrected chi connectivity index (χ4v) is 1.35. The van der Waals surface area contributed by atoms with Crippen LogP contribution in [-0.4, -0.2) is 30.8 Å². The zero-order chi connectivity index (χ0) is 12.1. The summed E-state index contributed by atoms with van der Waals surface area (Å²) in [7, 11) is 1.47. The van der Waals surface area contributed by atoms with Crippen LogP contribution >= 0.6 is 11.6 Å². The van der Waals surface area contributed by atoms with E-state index in [1.54, 1.807) is 25.1 Å². The normalized spacial score (nSPS) is 12.0. The Bertz CT molecular complexity index is 379. The lowest BCUT2D eigenvalue weighted by Crippen LogP contribution is -2.30. The van der Waals surface area contributed by atoms with Gasteiger partial charge >= 0.3 is 0 Å². The van der Waals surface area contributed by atoms with Gasteiger partial charge in [-0.25, -0.2) is 0 Å². The Labute approximate surface area is 99.2 Å². The van der Waals surface area contributed by atoms with Crippen LogP contribution in [0.2, 0.25) is 5.02 Å². The van der Waals surface area contributed by atoms with Gasteiger partial charge in [0.1, 0.15) is 5.75 Å². The van der Waals surface area contributed by atoms with E-state index in [2.05, 4.69) is 5.32 Å². The predicted octanol–water partition coefficient (Wildman–Crippen LogP) is 1.46. The molecule has 1 atom stereocenters. The molecule has 0 unspecified atom stereocenters. The molecule has 0 saturated carbocycles. The molecule has 0 aliphatic heterocycles. The minimum atomic E-state index is -0.581. The Morgan fingerprint density at radius 1 is 1.62 bits per heavy atom. The van der Waals surface area contributed by atoms with E-state index in [1.165, 1.54) is 7.11 Å². The second kappa shape index (κ2) is 5.72. The molecule has 1 aromatic rings. The summed E-state index contributed by atoms with van der Waals surface area (Å²) in [6, 6.07) is 4.76. The summed E-state index contributed by atoms with van der Waals surface area (Å²) in [6.45, 7) is 1.80. The molecular formula is C11H14ClNO3. The lowest BCUT2D eigenvalue weighted by molar-refractivity contribution is 0.0921. The molecule has 5 heteroatoms. The summed E-state index contributed by atoms with van der Waals surface area (Å²) in [5.41, 5.74) is 0.396. The Kier molecular flexibility index (Phi) is 4.58. The highest BCUT2D eigenvalue weighted by Gasteiger charge is 2.12. The van der Waals surface area contributed by atoms with E-state index in [0.717, 1.165) is 0 Å². The molecule has 88 valence electrons. The Morgan fingerprint density at radius 2 is 2.31 bits per heavy atom. The standard InChI is InChI=1S/C11H14ClNO3/c1-7(14)6-13-11(15)9-4-3-8(12)5-10(9)16-2/h3-5,7,14H,6H2,1-2H3,(H,13,15)/t7-/m1/s1. The van der Waals surface area contributed by atoms with Gasteiger partial charge in [-0.15, -0.1) is 0 Å². The van der Waals surface area contributed by atoms with Crippen LogP contribution in [0.15, 0.2) is 18.2 Å². The number of hydrogen-bond acceptors (Lipinski definition) is 3. The Hall–Kier alpha value is -1.26. The van der Waals surface area contributed by atoms with Crippen LogP contribution in [0.4, 0.5) is 0 Å². The van der Waals surface area contributed by atoms with Crippen molar-refractivity contribution in [2.24, 2.45) is 0 Å². The second-order valence-corrected chi connectivity index (χ2v) is 3.84. The predicted molar refractivity (Wildman–Crippen MR) is 62.0 cm³/mol. The highest BCUT2D eigenvalue weighted by molar-refractivity contribution is 6.30. The maximum absolute atomic E-state index is 11.7. The van der Waals surface area contributed by atoms with Gasteiger partial charge in [-0.05, 0) is 25.1 Å². The maximum Gasteiger partial charge on any atom is 0.255 e. The fourth-order valence-electron chi connectivity index (χ4n) is 1.19. The Morgan fingerprint density at radius 3 is 2.88 bits per heavy atom. The summed E-state index contributed by atoms with van der Waals surface area (Å²) in [6.07, 6.45) is -0.581. The number of benzene rings is 1. The highest BCUT2D eigenvalue weighted by Crippen LogP contribution is 2.22. The number of hydrogen-bond donors (Lipinski definition) is 2. The topological polar surface area (TPSA) is 58.6 Å². The highest BCUT2D eigenvalue weighted by atomic mass is 35.5. The van der Waals surface area contributed by atoms with Crippen molar-refractivity contribution in [3.8, 4) is 5.75 Å². The maximum atomic E-state index is 11.7. The number of rotatable bonds is 4. The molecule has 0 heterocycles. The van der Waals surface area contributed by atoms with Crippen molar-refractivity contribution in [2.75, 3.05) is 13.7 Å². The van der Waals surface area contributed by atoms with Gasteiger partial charge in [-0.2, -0.15) is 0 Å². The van der Waals surface area contributed by atoms with E-state index in [-0.39, 0.29) is 12.5 Å². The summed E-state index contributed by atoms with van der Waals surface area (Å²) < 4.78 is 5.05. The summed E-state index contributed by atoms with van der Waals surface area (Å²) >= 11 is 5.78. The average molecular weight is 244 g/mol. The molecule has 4 nitrogen and oxygen atoms in total. The number of carbonyl (C=O) groups is 1. The van der Waals surface area contributed by atoms with E-state index >= 15 is 0 Å². The molecule has 0 aliphatic carbocycles. The molecule has 1 aromatic carbocycles. The van der Waals surface area contributed by atoms with Crippen LogP contribution in [-0.2, 0) is 0 Å². The summed E-state index contributed by atoms with van der Waals surface area (Å²) in [5, 5.41) is 12.1. The molecule has 0 aromatic heterocycles. The monoisotopic (exact) mass is 243 g/mol. The molecular weight excluding hydrogens is 230 g/mol. The second-order valence-electron chi connectivity index (χ2n) is 3.40. The van der Waals surface area contributed by atoms with E-state index in [0.29, 0.717) is 16.3 Å². The van der Waals surface area contributed by atoms with Crippen molar-refractivity contribution in [2.45, 2.75) is 13.0 Å². The number of amides is 1. The molecule has 1 rings (SSSR count). The summed E-state index contributed by atoms with van der Waals surface area (Å²) in [4.78, 5) is 11.7. The van der Waals surface area contributed by atoms with Crippen LogP contribution in [0.5, 0.6) is 5.75 Å². The van der Waals surface area contributed by atoms with Gasteiger partial charge in [0.05, 0.1) is 18.8 Å². The van der Waals surface area contributed by atoms with Crippen molar-refractivity contribution >= 4 is 17.5 Å². The number of methoxy groups -OCH3 is 1. The van der Waals surface area contributed by atoms with Crippen molar-refractivity contribution in [3.05, 3.63) is 28.8 Å². The van der Waals surface area contributed by atoms with Crippen LogP contribution in [0.3, 0.4) is 0 Å². The first kappa shape index (κ1) is 12.8. The lowest BCUT2D eigenvalue weighted by atomic mass is 10.2. The quantitative estimate of drug-likeness (QED) is 0.842. The van der Waals surface area contributed by atoms with Gasteiger partial charge in [0, 0.05) is 11.6 Å². The molecule has 0 saturated heterocycles. The minimum absolute atomic E-state index is 0.199. The SMILES string of the molecule is COc1cc(Cl)ccc1C(=O)NC[C@@H](C)O. The van der Waals surface area contributed by atoms with Gasteiger partial charge < -0.3 is 15.2 Å². The number of aliphatic hydroxyl groups excluding tert-OH is 1. The zero-order valence-electron chi connectivity index (χ0n) is 9.16. The van der Waals surface area contributed by atoms with Gasteiger partial charge in [0.25, 0.3) is 5.91 Å². The van der Waals surface area contributed by atoms with E-state index in [9.17, 15) is 4.79 Å². The van der Waals surface area contributed by atoms with Gasteiger partial charge in [0.15, 0.2) is 0 Å². The van der Waals surface area contributed by atoms with Gasteiger partial charge in [0.2, 0.25) is 0 Å². The number of nitrogens with one attached hydrogen (secondary N) is 1. The third-order valence-electron chi connectivity index (χ3n) is 1.97. The molecule has 0 fully saturated rings. The van der Waals surface area contributed by atoms with Crippen LogP contribution < -0.4 is 10.1 Å². The van der Waals surface area contributed by atoms with Crippen molar-refractivity contribution in [1.29, 1.82) is 0 Å². The van der Waals surface area contributed by atoms with E-state index in [4.69, 9.17) is 21.4 Å². The lowest BCUT2D eigenvalue weighted by Gasteiger charge is -2.10. The third kappa shape index (κ3) is 3.40. The number of aliphatic hydroxyl groups is 1. The first-order valence-electron chi connectivity index (χ1n) is 4.84. The molecule has 0 radical (unpaired) electrons. The van der Waals surface area contributed by atoms with Crippen LogP contribution in [0, 0.1) is 0 Å². The molecule has 2 N–H and O–H groups in total. The van der Waals surface area contributed by atoms with Crippen LogP contribution in [0.1, 0.15) is 17.3 Å². The summed E-state index contributed by atoms with van der Waals surface area (Å²) in [5.74, 6) is 0.116. The largest absolute Gasteiger partial charge is 0.496 e.